The van der Waals surface area contributed by atoms with E-state index in [0.29, 0.717) is 0 Å². The summed E-state index contributed by atoms with van der Waals surface area (Å²) in [4.78, 5) is 0. The van der Waals surface area contributed by atoms with Crippen molar-refractivity contribution >= 4 is 43.2 Å². The van der Waals surface area contributed by atoms with Gasteiger partial charge in [-0.3, -0.25) is 0 Å². The highest BCUT2D eigenvalue weighted by Gasteiger charge is 2.13. The van der Waals surface area contributed by atoms with Crippen molar-refractivity contribution in [1.29, 1.82) is 0 Å². The first kappa shape index (κ1) is 12.7. The van der Waals surface area contributed by atoms with Gasteiger partial charge in [0, 0.05) is 6.04 Å². The molecule has 0 radical (unpaired) electrons. The molecule has 1 heterocycles. The summed E-state index contributed by atoms with van der Waals surface area (Å²) in [6.45, 7) is 4.45. The molecule has 0 spiro atoms. The zero-order chi connectivity index (χ0) is 10.7. The number of nitrogens with two attached hydrogens (primary N) is 1. The molecule has 1 unspecified atom stereocenters. The van der Waals surface area contributed by atoms with Gasteiger partial charge < -0.3 is 5.73 Å². The third-order valence-electron chi connectivity index (χ3n) is 2.14. The molecule has 2 N–H and O–H groups in total. The lowest BCUT2D eigenvalue weighted by molar-refractivity contribution is 0.507. The highest BCUT2D eigenvalue weighted by atomic mass is 79.9. The maximum absolute atomic E-state index is 6.11. The molecule has 0 bridgehead atoms. The van der Waals surface area contributed by atoms with E-state index in [9.17, 15) is 0 Å². The quantitative estimate of drug-likeness (QED) is 0.843. The van der Waals surface area contributed by atoms with Crippen molar-refractivity contribution in [3.05, 3.63) is 19.2 Å². The molecule has 1 nitrogen and oxygen atoms in total. The van der Waals surface area contributed by atoms with Crippen molar-refractivity contribution in [3.63, 3.8) is 0 Å². The zero-order valence-electron chi connectivity index (χ0n) is 8.39. The second kappa shape index (κ2) is 5.64. The van der Waals surface area contributed by atoms with Gasteiger partial charge in [0.1, 0.15) is 0 Å². The van der Waals surface area contributed by atoms with E-state index in [1.54, 1.807) is 11.3 Å². The fraction of sp³-hybridized carbons (Fsp3) is 0.600. The Morgan fingerprint density at radius 3 is 2.43 bits per heavy atom. The van der Waals surface area contributed by atoms with Gasteiger partial charge in [-0.1, -0.05) is 13.8 Å². The smallest absolute Gasteiger partial charge is 0.0758 e. The Balaban J connectivity index is 2.60. The van der Waals surface area contributed by atoms with E-state index in [2.05, 4.69) is 51.8 Å². The molecule has 1 aromatic rings. The molecule has 0 saturated heterocycles. The third-order valence-corrected chi connectivity index (χ3v) is 4.52. The fourth-order valence-electron chi connectivity index (χ4n) is 1.27. The van der Waals surface area contributed by atoms with Crippen LogP contribution in [-0.2, 0) is 0 Å². The van der Waals surface area contributed by atoms with E-state index < -0.39 is 0 Å². The van der Waals surface area contributed by atoms with E-state index in [1.807, 2.05) is 0 Å². The summed E-state index contributed by atoms with van der Waals surface area (Å²) >= 11 is 8.68. The van der Waals surface area contributed by atoms with Crippen LogP contribution in [0.4, 0.5) is 0 Å². The minimum Gasteiger partial charge on any atom is -0.324 e. The molecule has 0 amide bonds. The molecule has 0 aliphatic rings. The molecule has 1 atom stereocenters. The van der Waals surface area contributed by atoms with Gasteiger partial charge in [0.05, 0.1) is 7.57 Å². The van der Waals surface area contributed by atoms with Gasteiger partial charge >= 0.3 is 0 Å². The van der Waals surface area contributed by atoms with E-state index >= 15 is 0 Å². The van der Waals surface area contributed by atoms with Crippen LogP contribution < -0.4 is 5.73 Å². The predicted octanol–water partition coefficient (Wildman–Crippen LogP) is 4.71. The Morgan fingerprint density at radius 2 is 2.00 bits per heavy atom. The fourth-order valence-corrected chi connectivity index (χ4v) is 4.27. The Kier molecular flexibility index (Phi) is 5.11. The molecule has 0 fully saturated rings. The van der Waals surface area contributed by atoms with Gasteiger partial charge in [0.15, 0.2) is 0 Å². The van der Waals surface area contributed by atoms with Gasteiger partial charge in [0.25, 0.3) is 0 Å². The van der Waals surface area contributed by atoms with E-state index in [-0.39, 0.29) is 6.04 Å². The third kappa shape index (κ3) is 3.65. The summed E-state index contributed by atoms with van der Waals surface area (Å²) in [5, 5.41) is 0. The standard InChI is InChI=1S/C10H15Br2NS/c1-6(2)3-4-8(13)7-5-9(11)14-10(7)12/h5-6,8H,3-4,13H2,1-2H3. The number of halogens is 2. The predicted molar refractivity (Wildman–Crippen MR) is 70.7 cm³/mol. The van der Waals surface area contributed by atoms with Crippen molar-refractivity contribution in [3.8, 4) is 0 Å². The lowest BCUT2D eigenvalue weighted by Crippen LogP contribution is -2.10. The maximum atomic E-state index is 6.11. The molecule has 80 valence electrons. The van der Waals surface area contributed by atoms with Crippen LogP contribution in [0.3, 0.4) is 0 Å². The highest BCUT2D eigenvalue weighted by Crippen LogP contribution is 2.36. The Labute approximate surface area is 106 Å². The molecule has 0 aliphatic heterocycles. The van der Waals surface area contributed by atoms with Crippen LogP contribution in [0.2, 0.25) is 0 Å². The molecule has 0 aliphatic carbocycles. The van der Waals surface area contributed by atoms with Crippen LogP contribution in [0.5, 0.6) is 0 Å². The van der Waals surface area contributed by atoms with Crippen LogP contribution in [0.15, 0.2) is 13.6 Å². The highest BCUT2D eigenvalue weighted by molar-refractivity contribution is 9.12. The van der Waals surface area contributed by atoms with Gasteiger partial charge in [-0.05, 0) is 62.2 Å². The lowest BCUT2D eigenvalue weighted by atomic mass is 10.0. The average molecular weight is 341 g/mol. The molecule has 0 aromatic carbocycles. The summed E-state index contributed by atoms with van der Waals surface area (Å²) < 4.78 is 2.29. The summed E-state index contributed by atoms with van der Waals surface area (Å²) in [6, 6.07) is 2.27. The molecule has 1 rings (SSSR count). The van der Waals surface area contributed by atoms with Crippen molar-refractivity contribution in [2.24, 2.45) is 11.7 Å². The normalized spacial score (nSPS) is 13.6. The lowest BCUT2D eigenvalue weighted by Gasteiger charge is -2.12. The first-order valence-corrected chi connectivity index (χ1v) is 7.11. The summed E-state index contributed by atoms with van der Waals surface area (Å²) in [5.41, 5.74) is 7.34. The Bertz CT molecular complexity index is 296. The molecular weight excluding hydrogens is 326 g/mol. The number of hydrogen-bond acceptors (Lipinski definition) is 2. The average Bonchev–Trinajstić information content (AvgIpc) is 2.41. The number of thiophene rings is 1. The summed E-state index contributed by atoms with van der Waals surface area (Å²) in [5.74, 6) is 0.724. The van der Waals surface area contributed by atoms with Crippen LogP contribution in [0, 0.1) is 5.92 Å². The Morgan fingerprint density at radius 1 is 1.36 bits per heavy atom. The zero-order valence-corrected chi connectivity index (χ0v) is 12.4. The second-order valence-corrected chi connectivity index (χ2v) is 7.61. The largest absolute Gasteiger partial charge is 0.324 e. The molecule has 4 heteroatoms. The van der Waals surface area contributed by atoms with Crippen molar-refractivity contribution in [2.45, 2.75) is 32.7 Å². The van der Waals surface area contributed by atoms with Crippen LogP contribution in [0.25, 0.3) is 0 Å². The SMILES string of the molecule is CC(C)CCC(N)c1cc(Br)sc1Br. The van der Waals surface area contributed by atoms with Gasteiger partial charge in [0.2, 0.25) is 0 Å². The summed E-state index contributed by atoms with van der Waals surface area (Å²) in [6.07, 6.45) is 2.24. The Hall–Kier alpha value is 0.620. The van der Waals surface area contributed by atoms with Gasteiger partial charge in [-0.15, -0.1) is 11.3 Å². The molecular formula is C10H15Br2NS. The monoisotopic (exact) mass is 339 g/mol. The molecule has 1 aromatic heterocycles. The van der Waals surface area contributed by atoms with Crippen LogP contribution >= 0.6 is 43.2 Å². The van der Waals surface area contributed by atoms with Gasteiger partial charge in [-0.25, -0.2) is 0 Å². The minimum absolute atomic E-state index is 0.161. The number of hydrogen-bond donors (Lipinski definition) is 1. The van der Waals surface area contributed by atoms with Gasteiger partial charge in [-0.2, -0.15) is 0 Å². The minimum atomic E-state index is 0.161. The van der Waals surface area contributed by atoms with Crippen molar-refractivity contribution < 1.29 is 0 Å². The van der Waals surface area contributed by atoms with Crippen molar-refractivity contribution in [2.75, 3.05) is 0 Å². The topological polar surface area (TPSA) is 26.0 Å². The molecule has 0 saturated carbocycles. The van der Waals surface area contributed by atoms with E-state index in [0.717, 1.165) is 19.9 Å². The second-order valence-electron chi connectivity index (χ2n) is 3.86. The van der Waals surface area contributed by atoms with Crippen LogP contribution in [0.1, 0.15) is 38.3 Å². The number of rotatable bonds is 4. The summed E-state index contributed by atoms with van der Waals surface area (Å²) in [7, 11) is 0. The van der Waals surface area contributed by atoms with E-state index in [4.69, 9.17) is 5.73 Å². The maximum Gasteiger partial charge on any atom is 0.0758 e. The molecule has 14 heavy (non-hydrogen) atoms. The van der Waals surface area contributed by atoms with Crippen molar-refractivity contribution in [1.82, 2.24) is 0 Å². The van der Waals surface area contributed by atoms with Crippen LogP contribution in [-0.4, -0.2) is 0 Å². The van der Waals surface area contributed by atoms with E-state index in [1.165, 1.54) is 12.0 Å². The first-order chi connectivity index (χ1) is 6.50. The first-order valence-electron chi connectivity index (χ1n) is 4.71.